The summed E-state index contributed by atoms with van der Waals surface area (Å²) in [4.78, 5) is 8.70. The largest absolute Gasteiger partial charge is 0.477 e. The normalized spacial score (nSPS) is 10.8. The van der Waals surface area contributed by atoms with Gasteiger partial charge in [0.2, 0.25) is 11.8 Å². The van der Waals surface area contributed by atoms with Crippen LogP contribution in [0.3, 0.4) is 0 Å². The van der Waals surface area contributed by atoms with Crippen LogP contribution in [0.4, 0.5) is 5.95 Å². The summed E-state index contributed by atoms with van der Waals surface area (Å²) in [5, 5.41) is 10.7. The Kier molecular flexibility index (Phi) is 4.91. The third-order valence-corrected chi connectivity index (χ3v) is 2.54. The first-order valence-corrected chi connectivity index (χ1v) is 6.42. The van der Waals surface area contributed by atoms with Crippen molar-refractivity contribution in [1.29, 1.82) is 0 Å². The monoisotopic (exact) mass is 265 g/mol. The first-order valence-electron chi connectivity index (χ1n) is 6.42. The molecule has 2 N–H and O–H groups in total. The molecule has 0 saturated heterocycles. The molecule has 0 atom stereocenters. The Balaban J connectivity index is 2.12. The van der Waals surface area contributed by atoms with Gasteiger partial charge in [0.15, 0.2) is 5.65 Å². The summed E-state index contributed by atoms with van der Waals surface area (Å²) in [6.07, 6.45) is 3.50. The van der Waals surface area contributed by atoms with Crippen LogP contribution in [0.5, 0.6) is 5.88 Å². The molecule has 0 aliphatic rings. The highest BCUT2D eigenvalue weighted by atomic mass is 16.5. The van der Waals surface area contributed by atoms with Crippen molar-refractivity contribution in [1.82, 2.24) is 20.2 Å². The molecule has 0 unspecified atom stereocenters. The lowest BCUT2D eigenvalue weighted by molar-refractivity contribution is 0.171. The van der Waals surface area contributed by atoms with Gasteiger partial charge >= 0.3 is 0 Å². The van der Waals surface area contributed by atoms with Crippen molar-refractivity contribution in [2.75, 3.05) is 32.2 Å². The standard InChI is InChI=1S/C12H19N5O2/c1-3-5-13-12-15-10-9(8-14-17-10)11(16-12)19-7-4-6-18-2/h8H,3-7H2,1-2H3,(H2,13,14,15,16,17). The predicted molar refractivity (Wildman–Crippen MR) is 72.5 cm³/mol. The van der Waals surface area contributed by atoms with Crippen molar-refractivity contribution in [2.24, 2.45) is 0 Å². The van der Waals surface area contributed by atoms with Crippen molar-refractivity contribution in [3.05, 3.63) is 6.20 Å². The molecule has 0 bridgehead atoms. The van der Waals surface area contributed by atoms with Crippen LogP contribution in [0.1, 0.15) is 19.8 Å². The van der Waals surface area contributed by atoms with Gasteiger partial charge in [-0.2, -0.15) is 15.1 Å². The molecule has 0 radical (unpaired) electrons. The van der Waals surface area contributed by atoms with Crippen molar-refractivity contribution in [3.63, 3.8) is 0 Å². The quantitative estimate of drug-likeness (QED) is 0.705. The maximum absolute atomic E-state index is 5.67. The van der Waals surface area contributed by atoms with E-state index in [2.05, 4.69) is 32.4 Å². The van der Waals surface area contributed by atoms with Crippen LogP contribution >= 0.6 is 0 Å². The number of ether oxygens (including phenoxy) is 2. The van der Waals surface area contributed by atoms with Crippen LogP contribution in [-0.4, -0.2) is 47.0 Å². The van der Waals surface area contributed by atoms with Gasteiger partial charge in [0.1, 0.15) is 5.39 Å². The molecule has 0 spiro atoms. The van der Waals surface area contributed by atoms with Gasteiger partial charge in [-0.25, -0.2) is 0 Å². The molecule has 0 amide bonds. The van der Waals surface area contributed by atoms with E-state index in [1.54, 1.807) is 13.3 Å². The van der Waals surface area contributed by atoms with E-state index in [0.29, 0.717) is 30.7 Å². The van der Waals surface area contributed by atoms with Crippen molar-refractivity contribution >= 4 is 17.0 Å². The average molecular weight is 265 g/mol. The molecule has 7 heteroatoms. The zero-order valence-corrected chi connectivity index (χ0v) is 11.3. The maximum Gasteiger partial charge on any atom is 0.229 e. The highest BCUT2D eigenvalue weighted by Crippen LogP contribution is 2.22. The number of aromatic amines is 1. The second-order valence-corrected chi connectivity index (χ2v) is 4.11. The number of hydrogen-bond acceptors (Lipinski definition) is 6. The molecule has 0 aromatic carbocycles. The Labute approximate surface area is 111 Å². The molecular formula is C12H19N5O2. The molecule has 2 aromatic rings. The fraction of sp³-hybridized carbons (Fsp3) is 0.583. The van der Waals surface area contributed by atoms with Crippen LogP contribution in [0, 0.1) is 0 Å². The van der Waals surface area contributed by atoms with Crippen LogP contribution in [0.15, 0.2) is 6.20 Å². The van der Waals surface area contributed by atoms with E-state index in [0.717, 1.165) is 24.8 Å². The van der Waals surface area contributed by atoms with Gasteiger partial charge in [0.05, 0.1) is 12.8 Å². The number of methoxy groups -OCH3 is 1. The molecule has 7 nitrogen and oxygen atoms in total. The Morgan fingerprint density at radius 1 is 1.32 bits per heavy atom. The highest BCUT2D eigenvalue weighted by molar-refractivity contribution is 5.80. The maximum atomic E-state index is 5.67. The van der Waals surface area contributed by atoms with Gasteiger partial charge in [-0.1, -0.05) is 6.92 Å². The molecule has 0 aliphatic carbocycles. The Morgan fingerprint density at radius 3 is 3.00 bits per heavy atom. The van der Waals surface area contributed by atoms with Gasteiger partial charge in [-0.05, 0) is 6.42 Å². The predicted octanol–water partition coefficient (Wildman–Crippen LogP) is 1.59. The number of nitrogens with zero attached hydrogens (tertiary/aromatic N) is 3. The topological polar surface area (TPSA) is 85.0 Å². The van der Waals surface area contributed by atoms with Gasteiger partial charge in [0.25, 0.3) is 0 Å². The first-order chi connectivity index (χ1) is 9.35. The second kappa shape index (κ2) is 6.89. The average Bonchev–Trinajstić information content (AvgIpc) is 2.89. The molecule has 2 heterocycles. The molecule has 0 fully saturated rings. The summed E-state index contributed by atoms with van der Waals surface area (Å²) in [7, 11) is 1.67. The van der Waals surface area contributed by atoms with Crippen molar-refractivity contribution < 1.29 is 9.47 Å². The van der Waals surface area contributed by atoms with E-state index in [-0.39, 0.29) is 0 Å². The summed E-state index contributed by atoms with van der Waals surface area (Å²) in [5.74, 6) is 1.11. The molecule has 19 heavy (non-hydrogen) atoms. The third kappa shape index (κ3) is 3.54. The molecule has 2 rings (SSSR count). The molecular weight excluding hydrogens is 246 g/mol. The van der Waals surface area contributed by atoms with Gasteiger partial charge in [-0.15, -0.1) is 0 Å². The summed E-state index contributed by atoms with van der Waals surface area (Å²) in [5.41, 5.74) is 0.676. The number of aromatic nitrogens is 4. The number of nitrogens with one attached hydrogen (secondary N) is 2. The molecule has 2 aromatic heterocycles. The number of H-pyrrole nitrogens is 1. The van der Waals surface area contributed by atoms with Crippen LogP contribution < -0.4 is 10.1 Å². The van der Waals surface area contributed by atoms with Crippen LogP contribution in [0.25, 0.3) is 11.0 Å². The minimum Gasteiger partial charge on any atom is -0.477 e. The Bertz CT molecular complexity index is 514. The fourth-order valence-electron chi connectivity index (χ4n) is 1.61. The lowest BCUT2D eigenvalue weighted by atomic mass is 10.4. The van der Waals surface area contributed by atoms with Crippen LogP contribution in [0.2, 0.25) is 0 Å². The van der Waals surface area contributed by atoms with E-state index in [9.17, 15) is 0 Å². The fourth-order valence-corrected chi connectivity index (χ4v) is 1.61. The van der Waals surface area contributed by atoms with Crippen molar-refractivity contribution in [2.45, 2.75) is 19.8 Å². The first kappa shape index (κ1) is 13.5. The number of rotatable bonds is 8. The third-order valence-electron chi connectivity index (χ3n) is 2.54. The Morgan fingerprint density at radius 2 is 2.21 bits per heavy atom. The lowest BCUT2D eigenvalue weighted by Gasteiger charge is -2.08. The summed E-state index contributed by atoms with van der Waals surface area (Å²) < 4.78 is 10.7. The van der Waals surface area contributed by atoms with Crippen molar-refractivity contribution in [3.8, 4) is 5.88 Å². The van der Waals surface area contributed by atoms with Gasteiger partial charge in [0, 0.05) is 26.7 Å². The number of hydrogen-bond donors (Lipinski definition) is 2. The number of anilines is 1. The Hall–Kier alpha value is -1.89. The molecule has 0 saturated carbocycles. The van der Waals surface area contributed by atoms with E-state index in [4.69, 9.17) is 9.47 Å². The van der Waals surface area contributed by atoms with Crippen LogP contribution in [-0.2, 0) is 4.74 Å². The lowest BCUT2D eigenvalue weighted by Crippen LogP contribution is -2.07. The smallest absolute Gasteiger partial charge is 0.229 e. The zero-order chi connectivity index (χ0) is 13.5. The highest BCUT2D eigenvalue weighted by Gasteiger charge is 2.10. The number of fused-ring (bicyclic) bond motifs is 1. The van der Waals surface area contributed by atoms with Gasteiger partial charge < -0.3 is 14.8 Å². The van der Waals surface area contributed by atoms with E-state index in [1.165, 1.54) is 0 Å². The summed E-state index contributed by atoms with van der Waals surface area (Å²) in [6, 6.07) is 0. The minimum absolute atomic E-state index is 0.549. The summed E-state index contributed by atoms with van der Waals surface area (Å²) >= 11 is 0. The van der Waals surface area contributed by atoms with Gasteiger partial charge in [-0.3, -0.25) is 5.10 Å². The SMILES string of the molecule is CCCNc1nc(OCCCOC)c2cn[nH]c2n1. The van der Waals surface area contributed by atoms with E-state index < -0.39 is 0 Å². The van der Waals surface area contributed by atoms with E-state index >= 15 is 0 Å². The minimum atomic E-state index is 0.549. The second-order valence-electron chi connectivity index (χ2n) is 4.11. The molecule has 104 valence electrons. The summed E-state index contributed by atoms with van der Waals surface area (Å²) in [6.45, 7) is 4.13. The zero-order valence-electron chi connectivity index (χ0n) is 11.3. The van der Waals surface area contributed by atoms with E-state index in [1.807, 2.05) is 0 Å². The molecule has 0 aliphatic heterocycles.